The first-order valence-electron chi connectivity index (χ1n) is 8.66. The maximum absolute atomic E-state index is 12.6. The van der Waals surface area contributed by atoms with Gasteiger partial charge in [-0.25, -0.2) is 14.6 Å². The van der Waals surface area contributed by atoms with Gasteiger partial charge in [0.2, 0.25) is 0 Å². The van der Waals surface area contributed by atoms with E-state index in [1.807, 2.05) is 32.4 Å². The lowest BCUT2D eigenvalue weighted by Crippen LogP contribution is -2.33. The van der Waals surface area contributed by atoms with Crippen molar-refractivity contribution in [3.05, 3.63) is 57.5 Å². The molecule has 0 fully saturated rings. The molecule has 27 heavy (non-hydrogen) atoms. The van der Waals surface area contributed by atoms with Crippen LogP contribution in [0.3, 0.4) is 0 Å². The minimum Gasteiger partial charge on any atom is -0.345 e. The standard InChI is InChI=1S/C17H22N8O2/c1-5-25-12(4)15(11(3)23-25)10(2)21-16(26)13-6-19-14(22-17(13)27)7-24-9-18-8-20-24/h6,8-10H,5,7H2,1-4H3,(H,21,26)(H,19,22,27)/t10-/m1/s1. The quantitative estimate of drug-likeness (QED) is 0.659. The van der Waals surface area contributed by atoms with Crippen molar-refractivity contribution in [2.45, 2.75) is 46.8 Å². The number of H-pyrrole nitrogens is 1. The Morgan fingerprint density at radius 3 is 2.74 bits per heavy atom. The molecule has 10 nitrogen and oxygen atoms in total. The molecule has 0 aliphatic rings. The molecule has 1 atom stereocenters. The summed E-state index contributed by atoms with van der Waals surface area (Å²) in [6, 6.07) is -0.285. The number of aromatic amines is 1. The second-order valence-corrected chi connectivity index (χ2v) is 6.26. The van der Waals surface area contributed by atoms with Crippen LogP contribution in [0.25, 0.3) is 0 Å². The number of nitrogens with one attached hydrogen (secondary N) is 2. The molecule has 1 amide bonds. The molecule has 3 rings (SSSR count). The summed E-state index contributed by atoms with van der Waals surface area (Å²) in [6.45, 7) is 8.78. The number of carbonyl (C=O) groups is 1. The Kier molecular flexibility index (Phi) is 5.15. The summed E-state index contributed by atoms with van der Waals surface area (Å²) < 4.78 is 3.41. The molecule has 3 aromatic rings. The lowest BCUT2D eigenvalue weighted by molar-refractivity contribution is 0.0937. The number of hydrogen-bond acceptors (Lipinski definition) is 6. The molecule has 2 N–H and O–H groups in total. The molecule has 142 valence electrons. The van der Waals surface area contributed by atoms with E-state index in [9.17, 15) is 9.59 Å². The molecule has 0 spiro atoms. The summed E-state index contributed by atoms with van der Waals surface area (Å²) in [4.78, 5) is 35.4. The van der Waals surface area contributed by atoms with Gasteiger partial charge < -0.3 is 10.3 Å². The Balaban J connectivity index is 1.76. The van der Waals surface area contributed by atoms with Gasteiger partial charge in [0.1, 0.15) is 30.6 Å². The van der Waals surface area contributed by atoms with Gasteiger partial charge in [0.05, 0.1) is 11.7 Å². The van der Waals surface area contributed by atoms with Crippen molar-refractivity contribution in [3.8, 4) is 0 Å². The molecule has 3 aromatic heterocycles. The van der Waals surface area contributed by atoms with E-state index in [2.05, 4.69) is 30.5 Å². The van der Waals surface area contributed by atoms with Crippen molar-refractivity contribution < 1.29 is 4.79 Å². The van der Waals surface area contributed by atoms with Crippen molar-refractivity contribution in [1.29, 1.82) is 0 Å². The van der Waals surface area contributed by atoms with Gasteiger partial charge in [-0.05, 0) is 27.7 Å². The van der Waals surface area contributed by atoms with Crippen LogP contribution in [-0.2, 0) is 13.1 Å². The predicted octanol–water partition coefficient (Wildman–Crippen LogP) is 0.734. The zero-order valence-corrected chi connectivity index (χ0v) is 15.7. The highest BCUT2D eigenvalue weighted by Crippen LogP contribution is 2.21. The number of aryl methyl sites for hydroxylation is 2. The summed E-state index contributed by atoms with van der Waals surface area (Å²) >= 11 is 0. The Labute approximate surface area is 155 Å². The molecular formula is C17H22N8O2. The van der Waals surface area contributed by atoms with E-state index < -0.39 is 11.5 Å². The highest BCUT2D eigenvalue weighted by molar-refractivity contribution is 5.93. The highest BCUT2D eigenvalue weighted by atomic mass is 16.2. The first kappa shape index (κ1) is 18.5. The molecule has 0 aromatic carbocycles. The van der Waals surface area contributed by atoms with Gasteiger partial charge in [-0.3, -0.25) is 14.3 Å². The molecule has 0 bridgehead atoms. The summed E-state index contributed by atoms with van der Waals surface area (Å²) in [7, 11) is 0. The van der Waals surface area contributed by atoms with E-state index in [0.717, 1.165) is 23.5 Å². The van der Waals surface area contributed by atoms with E-state index in [1.54, 1.807) is 0 Å². The average molecular weight is 370 g/mol. The minimum atomic E-state index is -0.498. The maximum Gasteiger partial charge on any atom is 0.263 e. The number of amides is 1. The van der Waals surface area contributed by atoms with Crippen molar-refractivity contribution in [3.63, 3.8) is 0 Å². The topological polar surface area (TPSA) is 123 Å². The molecule has 0 saturated heterocycles. The number of carbonyl (C=O) groups excluding carboxylic acids is 1. The fourth-order valence-corrected chi connectivity index (χ4v) is 3.13. The first-order valence-corrected chi connectivity index (χ1v) is 8.66. The fourth-order valence-electron chi connectivity index (χ4n) is 3.13. The monoisotopic (exact) mass is 370 g/mol. The molecule has 0 aliphatic carbocycles. The molecule has 0 unspecified atom stereocenters. The van der Waals surface area contributed by atoms with Crippen LogP contribution in [0, 0.1) is 13.8 Å². The number of nitrogens with zero attached hydrogens (tertiary/aromatic N) is 6. The zero-order valence-electron chi connectivity index (χ0n) is 15.7. The van der Waals surface area contributed by atoms with Crippen molar-refractivity contribution >= 4 is 5.91 Å². The Morgan fingerprint density at radius 1 is 1.37 bits per heavy atom. The largest absolute Gasteiger partial charge is 0.345 e. The smallest absolute Gasteiger partial charge is 0.263 e. The average Bonchev–Trinajstić information content (AvgIpc) is 3.22. The lowest BCUT2D eigenvalue weighted by Gasteiger charge is -2.15. The molecular weight excluding hydrogens is 348 g/mol. The second-order valence-electron chi connectivity index (χ2n) is 6.26. The summed E-state index contributed by atoms with van der Waals surface area (Å²) in [5, 5.41) is 11.3. The SMILES string of the molecule is CCn1nc(C)c([C@@H](C)NC(=O)c2cnc(Cn3cncn3)[nH]c2=O)c1C. The number of hydrogen-bond donors (Lipinski definition) is 2. The third-order valence-corrected chi connectivity index (χ3v) is 4.39. The van der Waals surface area contributed by atoms with E-state index in [1.165, 1.54) is 23.5 Å². The number of aromatic nitrogens is 7. The van der Waals surface area contributed by atoms with Gasteiger partial charge in [0.25, 0.3) is 11.5 Å². The van der Waals surface area contributed by atoms with Crippen LogP contribution >= 0.6 is 0 Å². The summed E-state index contributed by atoms with van der Waals surface area (Å²) in [5.41, 5.74) is 2.28. The Morgan fingerprint density at radius 2 is 2.15 bits per heavy atom. The third-order valence-electron chi connectivity index (χ3n) is 4.39. The van der Waals surface area contributed by atoms with Gasteiger partial charge in [-0.2, -0.15) is 10.2 Å². The van der Waals surface area contributed by atoms with Crippen LogP contribution in [-0.4, -0.2) is 40.4 Å². The molecule has 3 heterocycles. The normalized spacial score (nSPS) is 12.1. The van der Waals surface area contributed by atoms with Crippen molar-refractivity contribution in [2.24, 2.45) is 0 Å². The Hall–Kier alpha value is -3.30. The van der Waals surface area contributed by atoms with Crippen LogP contribution in [0.2, 0.25) is 0 Å². The van der Waals surface area contributed by atoms with Crippen molar-refractivity contribution in [2.75, 3.05) is 0 Å². The minimum absolute atomic E-state index is 0.0395. The number of rotatable bonds is 6. The predicted molar refractivity (Wildman–Crippen MR) is 97.2 cm³/mol. The van der Waals surface area contributed by atoms with Crippen LogP contribution in [0.1, 0.15) is 53.0 Å². The second kappa shape index (κ2) is 7.52. The van der Waals surface area contributed by atoms with E-state index in [4.69, 9.17) is 0 Å². The highest BCUT2D eigenvalue weighted by Gasteiger charge is 2.21. The Bertz CT molecular complexity index is 1000. The van der Waals surface area contributed by atoms with Crippen molar-refractivity contribution in [1.82, 2.24) is 39.8 Å². The van der Waals surface area contributed by atoms with Gasteiger partial charge in [-0.15, -0.1) is 0 Å². The van der Waals surface area contributed by atoms with Crippen LogP contribution in [0.15, 0.2) is 23.6 Å². The molecule has 0 saturated carbocycles. The molecule has 10 heteroatoms. The van der Waals surface area contributed by atoms with Gasteiger partial charge in [-0.1, -0.05) is 0 Å². The van der Waals surface area contributed by atoms with E-state index in [-0.39, 0.29) is 18.2 Å². The third kappa shape index (κ3) is 3.78. The van der Waals surface area contributed by atoms with E-state index in [0.29, 0.717) is 5.82 Å². The zero-order chi connectivity index (χ0) is 19.6. The summed E-state index contributed by atoms with van der Waals surface area (Å²) in [5.74, 6) is -0.0855. The maximum atomic E-state index is 12.6. The van der Waals surface area contributed by atoms with E-state index >= 15 is 0 Å². The molecule has 0 aliphatic heterocycles. The van der Waals surface area contributed by atoms with Gasteiger partial charge in [0, 0.05) is 24.0 Å². The van der Waals surface area contributed by atoms with Crippen LogP contribution < -0.4 is 10.9 Å². The fraction of sp³-hybridized carbons (Fsp3) is 0.412. The first-order chi connectivity index (χ1) is 12.9. The molecule has 0 radical (unpaired) electrons. The van der Waals surface area contributed by atoms with Crippen LogP contribution in [0.4, 0.5) is 0 Å². The van der Waals surface area contributed by atoms with Gasteiger partial charge in [0.15, 0.2) is 0 Å². The van der Waals surface area contributed by atoms with Crippen LogP contribution in [0.5, 0.6) is 0 Å². The van der Waals surface area contributed by atoms with Gasteiger partial charge >= 0.3 is 0 Å². The summed E-state index contributed by atoms with van der Waals surface area (Å²) in [6.07, 6.45) is 4.19. The lowest BCUT2D eigenvalue weighted by atomic mass is 10.1.